The number of Topliss-reactive ketones (excluding diaryl/α,β-unsaturated/α-hetero) is 1. The van der Waals surface area contributed by atoms with E-state index < -0.39 is 0 Å². The number of fused-ring (bicyclic) bond motifs is 5. The summed E-state index contributed by atoms with van der Waals surface area (Å²) in [5.74, 6) is 2.51. The molecule has 5 heteroatoms. The summed E-state index contributed by atoms with van der Waals surface area (Å²) in [4.78, 5) is 24.9. The van der Waals surface area contributed by atoms with Crippen molar-refractivity contribution in [1.82, 2.24) is 0 Å². The third-order valence-corrected chi connectivity index (χ3v) is 10.4. The van der Waals surface area contributed by atoms with Crippen LogP contribution in [0.2, 0.25) is 0 Å². The van der Waals surface area contributed by atoms with Gasteiger partial charge in [0, 0.05) is 11.8 Å². The lowest BCUT2D eigenvalue weighted by Gasteiger charge is -2.63. The standard InChI is InChI=1S/C24H37IO4/c1-13-10-23(3)15(9-19(13)27)5-6-16-18-8-7-17(14(2)26)24(18,4)11-20(22(16)23)29-21(28)12-25/h13,15-20,22,27H,5-12H2,1-4H3/t13-,15-,16-,17+,18-,19-,20-,22+,23-,24+/m0/s1. The normalized spacial score (nSPS) is 51.5. The topological polar surface area (TPSA) is 63.6 Å². The molecule has 4 saturated carbocycles. The first kappa shape index (κ1) is 22.0. The summed E-state index contributed by atoms with van der Waals surface area (Å²) in [6.45, 7) is 8.65. The fraction of sp³-hybridized carbons (Fsp3) is 0.917. The number of aliphatic hydroxyl groups is 1. The van der Waals surface area contributed by atoms with E-state index in [9.17, 15) is 14.7 Å². The van der Waals surface area contributed by atoms with E-state index in [1.807, 2.05) is 0 Å². The highest BCUT2D eigenvalue weighted by Crippen LogP contribution is 2.68. The molecule has 4 rings (SSSR count). The van der Waals surface area contributed by atoms with Crippen LogP contribution in [0.3, 0.4) is 0 Å². The fourth-order valence-electron chi connectivity index (χ4n) is 8.66. The zero-order valence-corrected chi connectivity index (χ0v) is 20.5. The van der Waals surface area contributed by atoms with E-state index in [-0.39, 0.29) is 40.8 Å². The number of carbonyl (C=O) groups is 2. The van der Waals surface area contributed by atoms with Crippen molar-refractivity contribution in [2.45, 2.75) is 84.8 Å². The first-order chi connectivity index (χ1) is 13.6. The Morgan fingerprint density at radius 3 is 2.48 bits per heavy atom. The summed E-state index contributed by atoms with van der Waals surface area (Å²) in [6.07, 6.45) is 6.84. The Balaban J connectivity index is 1.73. The number of aliphatic hydroxyl groups excluding tert-OH is 1. The molecule has 0 spiro atoms. The van der Waals surface area contributed by atoms with E-state index in [1.165, 1.54) is 0 Å². The monoisotopic (exact) mass is 516 g/mol. The molecule has 0 heterocycles. The van der Waals surface area contributed by atoms with Crippen LogP contribution in [0, 0.1) is 46.3 Å². The Kier molecular flexibility index (Phi) is 5.89. The first-order valence-corrected chi connectivity index (χ1v) is 13.1. The Morgan fingerprint density at radius 2 is 1.83 bits per heavy atom. The van der Waals surface area contributed by atoms with Crippen LogP contribution in [0.5, 0.6) is 0 Å². The van der Waals surface area contributed by atoms with Crippen molar-refractivity contribution in [3.63, 3.8) is 0 Å². The summed E-state index contributed by atoms with van der Waals surface area (Å²) < 4.78 is 6.54. The maximum Gasteiger partial charge on any atom is 0.316 e. The maximum absolute atomic E-state index is 12.5. The number of ether oxygens (including phenoxy) is 1. The van der Waals surface area contributed by atoms with E-state index in [0.29, 0.717) is 33.9 Å². The van der Waals surface area contributed by atoms with Gasteiger partial charge >= 0.3 is 5.97 Å². The van der Waals surface area contributed by atoms with Gasteiger partial charge in [-0.2, -0.15) is 0 Å². The highest BCUT2D eigenvalue weighted by Gasteiger charge is 2.65. The molecule has 164 valence electrons. The molecule has 4 nitrogen and oxygen atoms in total. The number of rotatable bonds is 3. The number of hydrogen-bond acceptors (Lipinski definition) is 4. The number of ketones is 1. The van der Waals surface area contributed by atoms with Crippen LogP contribution in [0.1, 0.15) is 72.6 Å². The minimum Gasteiger partial charge on any atom is -0.461 e. The Labute approximate surface area is 189 Å². The van der Waals surface area contributed by atoms with Gasteiger partial charge in [0.15, 0.2) is 0 Å². The van der Waals surface area contributed by atoms with E-state index in [2.05, 4.69) is 43.4 Å². The van der Waals surface area contributed by atoms with Crippen LogP contribution >= 0.6 is 22.6 Å². The van der Waals surface area contributed by atoms with Crippen LogP contribution in [0.15, 0.2) is 0 Å². The predicted molar refractivity (Wildman–Crippen MR) is 121 cm³/mol. The highest BCUT2D eigenvalue weighted by molar-refractivity contribution is 14.1. The number of alkyl halides is 1. The van der Waals surface area contributed by atoms with E-state index in [4.69, 9.17) is 4.74 Å². The number of carbonyl (C=O) groups excluding carboxylic acids is 2. The quantitative estimate of drug-likeness (QED) is 0.333. The summed E-state index contributed by atoms with van der Waals surface area (Å²) in [7, 11) is 0. The second-order valence-electron chi connectivity index (χ2n) is 11.2. The van der Waals surface area contributed by atoms with Crippen LogP contribution in [0.25, 0.3) is 0 Å². The molecule has 4 fully saturated rings. The molecule has 0 aromatic heterocycles. The minimum atomic E-state index is -0.206. The van der Waals surface area contributed by atoms with Gasteiger partial charge < -0.3 is 9.84 Å². The number of halogens is 1. The van der Waals surface area contributed by atoms with Crippen molar-refractivity contribution >= 4 is 34.3 Å². The van der Waals surface area contributed by atoms with Crippen molar-refractivity contribution in [3.8, 4) is 0 Å². The third-order valence-electron chi connectivity index (χ3n) is 9.80. The zero-order valence-electron chi connectivity index (χ0n) is 18.3. The summed E-state index contributed by atoms with van der Waals surface area (Å²) in [5, 5.41) is 10.5. The Morgan fingerprint density at radius 1 is 1.10 bits per heavy atom. The Bertz CT molecular complexity index is 680. The first-order valence-electron chi connectivity index (χ1n) is 11.6. The zero-order chi connectivity index (χ0) is 21.1. The van der Waals surface area contributed by atoms with E-state index in [0.717, 1.165) is 44.9 Å². The van der Waals surface area contributed by atoms with Crippen molar-refractivity contribution < 1.29 is 19.4 Å². The summed E-state index contributed by atoms with van der Waals surface area (Å²) in [6, 6.07) is 0. The molecule has 0 saturated heterocycles. The number of hydrogen-bond donors (Lipinski definition) is 1. The molecule has 10 atom stereocenters. The smallest absolute Gasteiger partial charge is 0.316 e. The molecular formula is C24H37IO4. The maximum atomic E-state index is 12.5. The second-order valence-corrected chi connectivity index (χ2v) is 11.9. The molecule has 0 aliphatic heterocycles. The van der Waals surface area contributed by atoms with Gasteiger partial charge in [-0.3, -0.25) is 9.59 Å². The molecule has 4 aliphatic rings. The summed E-state index contributed by atoms with van der Waals surface area (Å²) in [5.41, 5.74) is 0.0552. The minimum absolute atomic E-state index is 0.0494. The van der Waals surface area contributed by atoms with Crippen LogP contribution in [0.4, 0.5) is 0 Å². The van der Waals surface area contributed by atoms with Gasteiger partial charge in [-0.1, -0.05) is 43.4 Å². The molecule has 0 radical (unpaired) electrons. The average Bonchev–Trinajstić information content (AvgIpc) is 2.99. The van der Waals surface area contributed by atoms with Crippen molar-refractivity contribution in [2.75, 3.05) is 4.43 Å². The largest absolute Gasteiger partial charge is 0.461 e. The van der Waals surface area contributed by atoms with E-state index in [1.54, 1.807) is 6.92 Å². The molecule has 0 aromatic carbocycles. The molecule has 0 unspecified atom stereocenters. The fourth-order valence-corrected chi connectivity index (χ4v) is 8.84. The number of esters is 1. The molecular weight excluding hydrogens is 479 g/mol. The average molecular weight is 516 g/mol. The van der Waals surface area contributed by atoms with Crippen molar-refractivity contribution in [1.29, 1.82) is 0 Å². The highest BCUT2D eigenvalue weighted by atomic mass is 127. The predicted octanol–water partition coefficient (Wildman–Crippen LogP) is 4.80. The lowest BCUT2D eigenvalue weighted by Crippen LogP contribution is -2.61. The van der Waals surface area contributed by atoms with Gasteiger partial charge in [0.1, 0.15) is 11.9 Å². The molecule has 0 bridgehead atoms. The third kappa shape index (κ3) is 3.41. The van der Waals surface area contributed by atoms with Gasteiger partial charge in [0.25, 0.3) is 0 Å². The van der Waals surface area contributed by atoms with Crippen LogP contribution < -0.4 is 0 Å². The van der Waals surface area contributed by atoms with Gasteiger partial charge in [-0.15, -0.1) is 0 Å². The molecule has 0 aromatic rings. The second kappa shape index (κ2) is 7.75. The van der Waals surface area contributed by atoms with Crippen LogP contribution in [-0.2, 0) is 14.3 Å². The molecule has 4 aliphatic carbocycles. The van der Waals surface area contributed by atoms with Crippen LogP contribution in [-0.4, -0.2) is 33.5 Å². The Hall–Kier alpha value is -0.170. The van der Waals surface area contributed by atoms with Crippen molar-refractivity contribution in [2.24, 2.45) is 46.3 Å². The molecule has 29 heavy (non-hydrogen) atoms. The van der Waals surface area contributed by atoms with Crippen molar-refractivity contribution in [3.05, 3.63) is 0 Å². The lowest BCUT2D eigenvalue weighted by atomic mass is 9.43. The van der Waals surface area contributed by atoms with Gasteiger partial charge in [-0.25, -0.2) is 0 Å². The van der Waals surface area contributed by atoms with Gasteiger partial charge in [0.05, 0.1) is 10.5 Å². The molecule has 0 amide bonds. The van der Waals surface area contributed by atoms with E-state index >= 15 is 0 Å². The molecule has 1 N–H and O–H groups in total. The van der Waals surface area contributed by atoms with Gasteiger partial charge in [-0.05, 0) is 86.4 Å². The SMILES string of the molecule is CC(=O)[C@H]1CC[C@H]2[C@@H]3CC[C@H]4C[C@H](O)[C@@H](C)C[C@]4(C)[C@H]3[C@@H](OC(=O)CI)C[C@]12C. The van der Waals surface area contributed by atoms with Gasteiger partial charge in [0.2, 0.25) is 0 Å². The summed E-state index contributed by atoms with van der Waals surface area (Å²) >= 11 is 2.09. The lowest BCUT2D eigenvalue weighted by molar-refractivity contribution is -0.202.